The minimum Gasteiger partial charge on any atom is -0.325 e. The number of nitrogens with one attached hydrogen (secondary N) is 1. The lowest BCUT2D eigenvalue weighted by atomic mass is 9.95. The van der Waals surface area contributed by atoms with Gasteiger partial charge < -0.3 is 5.32 Å². The fourth-order valence-electron chi connectivity index (χ4n) is 1.41. The van der Waals surface area contributed by atoms with Crippen LogP contribution in [-0.2, 0) is 14.8 Å². The van der Waals surface area contributed by atoms with Crippen molar-refractivity contribution in [2.24, 2.45) is 10.6 Å². The molecule has 5 nitrogen and oxygen atoms in total. The number of hydrogen-bond acceptors (Lipinski definition) is 3. The first-order chi connectivity index (χ1) is 8.59. The number of primary sulfonamides is 1. The van der Waals surface area contributed by atoms with Gasteiger partial charge in [-0.25, -0.2) is 13.6 Å². The molecule has 1 aromatic carbocycles. The Hall–Kier alpha value is -1.11. The third-order valence-electron chi connectivity index (χ3n) is 2.79. The highest BCUT2D eigenvalue weighted by Crippen LogP contribution is 2.25. The lowest BCUT2D eigenvalue weighted by molar-refractivity contribution is -0.122. The average molecular weight is 305 g/mol. The van der Waals surface area contributed by atoms with Crippen molar-refractivity contribution in [1.82, 2.24) is 0 Å². The second kappa shape index (κ2) is 5.48. The Morgan fingerprint density at radius 1 is 1.42 bits per heavy atom. The first-order valence-corrected chi connectivity index (χ1v) is 7.67. The van der Waals surface area contributed by atoms with E-state index in [2.05, 4.69) is 5.32 Å². The molecule has 0 bridgehead atoms. The van der Waals surface area contributed by atoms with Crippen LogP contribution in [0.25, 0.3) is 0 Å². The molecule has 0 aliphatic rings. The number of alkyl halides is 1. The maximum absolute atomic E-state index is 12.0. The van der Waals surface area contributed by atoms with Crippen molar-refractivity contribution in [2.45, 2.75) is 25.7 Å². The summed E-state index contributed by atoms with van der Waals surface area (Å²) in [6.45, 7) is 4.99. The van der Waals surface area contributed by atoms with Gasteiger partial charge in [-0.3, -0.25) is 4.79 Å². The number of benzene rings is 1. The molecule has 0 aliphatic carbocycles. The monoisotopic (exact) mass is 304 g/mol. The van der Waals surface area contributed by atoms with Gasteiger partial charge in [0.05, 0.1) is 10.3 Å². The standard InChI is InChI=1S/C12H17ClN2O3S/c1-8-9(15-11(16)12(2,3)7-13)5-4-6-10(8)19(14,17)18/h4-6H,7H2,1-3H3,(H,15,16)(H2,14,17,18). The van der Waals surface area contributed by atoms with E-state index in [0.717, 1.165) is 0 Å². The summed E-state index contributed by atoms with van der Waals surface area (Å²) in [6.07, 6.45) is 0. The molecule has 19 heavy (non-hydrogen) atoms. The first-order valence-electron chi connectivity index (χ1n) is 5.59. The van der Waals surface area contributed by atoms with Gasteiger partial charge in [-0.05, 0) is 38.5 Å². The van der Waals surface area contributed by atoms with Crippen molar-refractivity contribution in [3.63, 3.8) is 0 Å². The minimum absolute atomic E-state index is 0.00557. The van der Waals surface area contributed by atoms with Crippen LogP contribution in [0.1, 0.15) is 19.4 Å². The fraction of sp³-hybridized carbons (Fsp3) is 0.417. The molecule has 0 heterocycles. The number of rotatable bonds is 4. The first kappa shape index (κ1) is 15.9. The van der Waals surface area contributed by atoms with Gasteiger partial charge in [-0.15, -0.1) is 11.6 Å². The third-order valence-corrected chi connectivity index (χ3v) is 4.51. The zero-order chi connectivity index (χ0) is 14.8. The maximum Gasteiger partial charge on any atom is 0.238 e. The second-order valence-corrected chi connectivity index (χ2v) is 6.74. The molecule has 0 radical (unpaired) electrons. The summed E-state index contributed by atoms with van der Waals surface area (Å²) >= 11 is 5.72. The highest BCUT2D eigenvalue weighted by molar-refractivity contribution is 7.89. The molecule has 0 aromatic heterocycles. The van der Waals surface area contributed by atoms with Crippen molar-refractivity contribution >= 4 is 33.2 Å². The molecule has 0 saturated heterocycles. The summed E-state index contributed by atoms with van der Waals surface area (Å²) in [6, 6.07) is 4.54. The topological polar surface area (TPSA) is 89.3 Å². The molecule has 0 unspecified atom stereocenters. The predicted molar refractivity (Wildman–Crippen MR) is 75.7 cm³/mol. The Morgan fingerprint density at radius 3 is 2.47 bits per heavy atom. The molecule has 1 aromatic rings. The number of hydrogen-bond donors (Lipinski definition) is 2. The molecule has 0 spiro atoms. The zero-order valence-corrected chi connectivity index (χ0v) is 12.6. The Bertz CT molecular complexity index is 597. The Labute approximate surface area is 118 Å². The zero-order valence-electron chi connectivity index (χ0n) is 11.0. The summed E-state index contributed by atoms with van der Waals surface area (Å²) < 4.78 is 22.8. The molecule has 3 N–H and O–H groups in total. The van der Waals surface area contributed by atoms with Crippen LogP contribution >= 0.6 is 11.6 Å². The van der Waals surface area contributed by atoms with Crippen molar-refractivity contribution in [3.05, 3.63) is 23.8 Å². The van der Waals surface area contributed by atoms with E-state index in [0.29, 0.717) is 11.3 Å². The number of sulfonamides is 1. The van der Waals surface area contributed by atoms with Crippen molar-refractivity contribution in [1.29, 1.82) is 0 Å². The van der Waals surface area contributed by atoms with Crippen LogP contribution < -0.4 is 10.5 Å². The van der Waals surface area contributed by atoms with Gasteiger partial charge in [0.15, 0.2) is 0 Å². The summed E-state index contributed by atoms with van der Waals surface area (Å²) in [5, 5.41) is 7.78. The van der Waals surface area contributed by atoms with Gasteiger partial charge in [0.25, 0.3) is 0 Å². The van der Waals surface area contributed by atoms with Crippen LogP contribution in [0.4, 0.5) is 5.69 Å². The lowest BCUT2D eigenvalue weighted by Crippen LogP contribution is -2.32. The van der Waals surface area contributed by atoms with Crippen LogP contribution in [0.2, 0.25) is 0 Å². The molecule has 1 rings (SSSR count). The molecule has 0 aliphatic heterocycles. The summed E-state index contributed by atoms with van der Waals surface area (Å²) in [5.41, 5.74) is 0.0735. The average Bonchev–Trinajstić information content (AvgIpc) is 2.30. The summed E-state index contributed by atoms with van der Waals surface area (Å²) in [7, 11) is -3.81. The van der Waals surface area contributed by atoms with E-state index >= 15 is 0 Å². The Kier molecular flexibility index (Phi) is 4.60. The van der Waals surface area contributed by atoms with Gasteiger partial charge in [-0.1, -0.05) is 6.07 Å². The highest BCUT2D eigenvalue weighted by Gasteiger charge is 2.27. The normalized spacial score (nSPS) is 12.3. The Morgan fingerprint density at radius 2 is 2.00 bits per heavy atom. The van der Waals surface area contributed by atoms with Crippen LogP contribution in [-0.4, -0.2) is 20.2 Å². The van der Waals surface area contributed by atoms with Gasteiger partial charge in [0.1, 0.15) is 0 Å². The maximum atomic E-state index is 12.0. The summed E-state index contributed by atoms with van der Waals surface area (Å²) in [4.78, 5) is 12.0. The van der Waals surface area contributed by atoms with E-state index in [1.165, 1.54) is 12.1 Å². The number of anilines is 1. The van der Waals surface area contributed by atoms with Gasteiger partial charge in [0.2, 0.25) is 15.9 Å². The minimum atomic E-state index is -3.81. The SMILES string of the molecule is Cc1c(NC(=O)C(C)(C)CCl)cccc1S(N)(=O)=O. The Balaban J connectivity index is 3.15. The number of amides is 1. The molecule has 7 heteroatoms. The largest absolute Gasteiger partial charge is 0.325 e. The molecule has 0 atom stereocenters. The van der Waals surface area contributed by atoms with E-state index in [1.807, 2.05) is 0 Å². The second-order valence-electron chi connectivity index (χ2n) is 4.95. The van der Waals surface area contributed by atoms with Gasteiger partial charge >= 0.3 is 0 Å². The highest BCUT2D eigenvalue weighted by atomic mass is 35.5. The van der Waals surface area contributed by atoms with E-state index < -0.39 is 15.4 Å². The van der Waals surface area contributed by atoms with Gasteiger partial charge in [0, 0.05) is 11.6 Å². The number of carbonyl (C=O) groups excluding carboxylic acids is 1. The molecular formula is C12H17ClN2O3S. The fourth-order valence-corrected chi connectivity index (χ4v) is 2.34. The van der Waals surface area contributed by atoms with Crippen LogP contribution in [0.5, 0.6) is 0 Å². The number of nitrogens with two attached hydrogens (primary N) is 1. The predicted octanol–water partition coefficient (Wildman–Crippen LogP) is 1.85. The molecule has 0 saturated carbocycles. The molecule has 0 fully saturated rings. The van der Waals surface area contributed by atoms with Crippen LogP contribution in [0, 0.1) is 12.3 Å². The van der Waals surface area contributed by atoms with Crippen molar-refractivity contribution in [2.75, 3.05) is 11.2 Å². The van der Waals surface area contributed by atoms with E-state index in [4.69, 9.17) is 16.7 Å². The summed E-state index contributed by atoms with van der Waals surface area (Å²) in [5.74, 6) is -0.121. The van der Waals surface area contributed by atoms with E-state index in [-0.39, 0.29) is 16.7 Å². The van der Waals surface area contributed by atoms with Crippen molar-refractivity contribution < 1.29 is 13.2 Å². The smallest absolute Gasteiger partial charge is 0.238 e. The number of halogens is 1. The van der Waals surface area contributed by atoms with E-state index in [9.17, 15) is 13.2 Å². The van der Waals surface area contributed by atoms with E-state index in [1.54, 1.807) is 26.8 Å². The third kappa shape index (κ3) is 3.68. The van der Waals surface area contributed by atoms with Crippen LogP contribution in [0.15, 0.2) is 23.1 Å². The molecule has 1 amide bonds. The number of carbonyl (C=O) groups is 1. The van der Waals surface area contributed by atoms with Crippen LogP contribution in [0.3, 0.4) is 0 Å². The molecule has 106 valence electrons. The quantitative estimate of drug-likeness (QED) is 0.832. The van der Waals surface area contributed by atoms with Gasteiger partial charge in [-0.2, -0.15) is 0 Å². The molecular weight excluding hydrogens is 288 g/mol. The van der Waals surface area contributed by atoms with Crippen molar-refractivity contribution in [3.8, 4) is 0 Å². The lowest BCUT2D eigenvalue weighted by Gasteiger charge is -2.21.